The van der Waals surface area contributed by atoms with E-state index < -0.39 is 0 Å². The third kappa shape index (κ3) is 3.70. The first-order valence-electron chi connectivity index (χ1n) is 5.83. The van der Waals surface area contributed by atoms with Crippen LogP contribution >= 0.6 is 15.9 Å². The fourth-order valence-corrected chi connectivity index (χ4v) is 2.09. The van der Waals surface area contributed by atoms with E-state index in [1.165, 1.54) is 0 Å². The number of anilines is 1. The molecule has 0 aliphatic carbocycles. The summed E-state index contributed by atoms with van der Waals surface area (Å²) in [6, 6.07) is 17.3. The monoisotopic (exact) mass is 303 g/mol. The molecule has 18 heavy (non-hydrogen) atoms. The zero-order chi connectivity index (χ0) is 12.8. The van der Waals surface area contributed by atoms with Gasteiger partial charge in [0, 0.05) is 28.7 Å². The van der Waals surface area contributed by atoms with Gasteiger partial charge in [0.05, 0.1) is 0 Å². The van der Waals surface area contributed by atoms with Crippen molar-refractivity contribution in [1.29, 1.82) is 0 Å². The van der Waals surface area contributed by atoms with E-state index in [1.54, 1.807) is 0 Å². The summed E-state index contributed by atoms with van der Waals surface area (Å²) in [4.78, 5) is 11.9. The number of carbonyl (C=O) groups excluding carboxylic acids is 1. The summed E-state index contributed by atoms with van der Waals surface area (Å²) in [5, 5.41) is 3.24. The molecule has 0 fully saturated rings. The molecule has 2 aromatic rings. The molecule has 0 amide bonds. The van der Waals surface area contributed by atoms with Crippen molar-refractivity contribution >= 4 is 27.4 Å². The van der Waals surface area contributed by atoms with Crippen LogP contribution < -0.4 is 5.32 Å². The second-order valence-electron chi connectivity index (χ2n) is 3.98. The van der Waals surface area contributed by atoms with Crippen LogP contribution in [-0.4, -0.2) is 12.3 Å². The average Bonchev–Trinajstić information content (AvgIpc) is 2.40. The maximum absolute atomic E-state index is 11.9. The molecule has 0 bridgehead atoms. The van der Waals surface area contributed by atoms with Crippen LogP contribution in [0, 0.1) is 0 Å². The molecule has 0 aliphatic heterocycles. The second kappa shape index (κ2) is 6.36. The number of carbonyl (C=O) groups is 1. The third-order valence-corrected chi connectivity index (χ3v) is 3.09. The van der Waals surface area contributed by atoms with E-state index in [4.69, 9.17) is 0 Å². The molecular weight excluding hydrogens is 290 g/mol. The maximum atomic E-state index is 11.9. The molecular formula is C15H14BrNO. The second-order valence-corrected chi connectivity index (χ2v) is 4.89. The molecule has 2 aromatic carbocycles. The number of ketones is 1. The summed E-state index contributed by atoms with van der Waals surface area (Å²) < 4.78 is 1.03. The van der Waals surface area contributed by atoms with Gasteiger partial charge in [0.25, 0.3) is 0 Å². The van der Waals surface area contributed by atoms with Crippen LogP contribution in [-0.2, 0) is 0 Å². The van der Waals surface area contributed by atoms with Crippen LogP contribution in [0.4, 0.5) is 5.69 Å². The van der Waals surface area contributed by atoms with Gasteiger partial charge in [0.1, 0.15) is 0 Å². The van der Waals surface area contributed by atoms with Gasteiger partial charge in [-0.3, -0.25) is 4.79 Å². The molecule has 0 radical (unpaired) electrons. The van der Waals surface area contributed by atoms with E-state index in [9.17, 15) is 4.79 Å². The number of rotatable bonds is 5. The van der Waals surface area contributed by atoms with Crippen molar-refractivity contribution < 1.29 is 4.79 Å². The lowest BCUT2D eigenvalue weighted by Gasteiger charge is -2.06. The Morgan fingerprint density at radius 3 is 2.56 bits per heavy atom. The number of Topliss-reactive ketones (excluding diaryl/α,β-unsaturated/α-hetero) is 1. The molecule has 1 N–H and O–H groups in total. The van der Waals surface area contributed by atoms with Crippen LogP contribution in [0.15, 0.2) is 59.1 Å². The first-order chi connectivity index (χ1) is 8.75. The Labute approximate surface area is 115 Å². The summed E-state index contributed by atoms with van der Waals surface area (Å²) >= 11 is 3.41. The molecule has 2 rings (SSSR count). The minimum atomic E-state index is 0.165. The summed E-state index contributed by atoms with van der Waals surface area (Å²) in [5.74, 6) is 0.165. The summed E-state index contributed by atoms with van der Waals surface area (Å²) in [5.41, 5.74) is 1.79. The van der Waals surface area contributed by atoms with Gasteiger partial charge < -0.3 is 5.32 Å². The highest BCUT2D eigenvalue weighted by Crippen LogP contribution is 2.15. The molecule has 0 aliphatic rings. The van der Waals surface area contributed by atoms with Crippen molar-refractivity contribution in [3.8, 4) is 0 Å². The quantitative estimate of drug-likeness (QED) is 0.841. The van der Waals surface area contributed by atoms with Gasteiger partial charge >= 0.3 is 0 Å². The van der Waals surface area contributed by atoms with Gasteiger partial charge in [-0.1, -0.05) is 52.3 Å². The molecule has 92 valence electrons. The molecule has 0 saturated heterocycles. The van der Waals surface area contributed by atoms with Crippen molar-refractivity contribution in [3.05, 3.63) is 64.6 Å². The van der Waals surface area contributed by atoms with E-state index in [0.717, 1.165) is 15.7 Å². The van der Waals surface area contributed by atoms with Crippen LogP contribution in [0.3, 0.4) is 0 Å². The van der Waals surface area contributed by atoms with Gasteiger partial charge in [0.2, 0.25) is 0 Å². The predicted octanol–water partition coefficient (Wildman–Crippen LogP) is 4.13. The highest BCUT2D eigenvalue weighted by atomic mass is 79.9. The summed E-state index contributed by atoms with van der Waals surface area (Å²) in [6.07, 6.45) is 0.497. The Balaban J connectivity index is 1.84. The van der Waals surface area contributed by atoms with Gasteiger partial charge in [-0.2, -0.15) is 0 Å². The summed E-state index contributed by atoms with van der Waals surface area (Å²) in [6.45, 7) is 0.643. The number of hydrogen-bond donors (Lipinski definition) is 1. The minimum absolute atomic E-state index is 0.165. The molecule has 0 unspecified atom stereocenters. The van der Waals surface area contributed by atoms with Crippen molar-refractivity contribution in [2.24, 2.45) is 0 Å². The molecule has 0 aromatic heterocycles. The van der Waals surface area contributed by atoms with Gasteiger partial charge in [-0.05, 0) is 18.2 Å². The average molecular weight is 304 g/mol. The van der Waals surface area contributed by atoms with Gasteiger partial charge in [-0.25, -0.2) is 0 Å². The molecule has 0 heterocycles. The molecule has 0 saturated carbocycles. The zero-order valence-electron chi connectivity index (χ0n) is 9.90. The highest BCUT2D eigenvalue weighted by Gasteiger charge is 2.04. The maximum Gasteiger partial charge on any atom is 0.164 e. The number of benzene rings is 2. The SMILES string of the molecule is O=C(CCNc1cccc(Br)c1)c1ccccc1. The van der Waals surface area contributed by atoms with E-state index in [2.05, 4.69) is 21.2 Å². The Morgan fingerprint density at radius 1 is 1.06 bits per heavy atom. The topological polar surface area (TPSA) is 29.1 Å². The number of halogens is 1. The zero-order valence-corrected chi connectivity index (χ0v) is 11.5. The summed E-state index contributed by atoms with van der Waals surface area (Å²) in [7, 11) is 0. The van der Waals surface area contributed by atoms with E-state index in [0.29, 0.717) is 13.0 Å². The van der Waals surface area contributed by atoms with E-state index >= 15 is 0 Å². The third-order valence-electron chi connectivity index (χ3n) is 2.60. The van der Waals surface area contributed by atoms with Gasteiger partial charge in [0.15, 0.2) is 5.78 Å². The Morgan fingerprint density at radius 2 is 1.83 bits per heavy atom. The largest absolute Gasteiger partial charge is 0.385 e. The van der Waals surface area contributed by atoms with Gasteiger partial charge in [-0.15, -0.1) is 0 Å². The molecule has 0 spiro atoms. The lowest BCUT2D eigenvalue weighted by molar-refractivity contribution is 0.0986. The highest BCUT2D eigenvalue weighted by molar-refractivity contribution is 9.10. The first-order valence-corrected chi connectivity index (χ1v) is 6.63. The van der Waals surface area contributed by atoms with Crippen LogP contribution in [0.1, 0.15) is 16.8 Å². The van der Waals surface area contributed by atoms with Crippen molar-refractivity contribution in [2.45, 2.75) is 6.42 Å². The van der Waals surface area contributed by atoms with Crippen molar-refractivity contribution in [1.82, 2.24) is 0 Å². The molecule has 3 heteroatoms. The minimum Gasteiger partial charge on any atom is -0.385 e. The number of hydrogen-bond acceptors (Lipinski definition) is 2. The fraction of sp³-hybridized carbons (Fsp3) is 0.133. The lowest BCUT2D eigenvalue weighted by atomic mass is 10.1. The fourth-order valence-electron chi connectivity index (χ4n) is 1.69. The standard InChI is InChI=1S/C15H14BrNO/c16-13-7-4-8-14(11-13)17-10-9-15(18)12-5-2-1-3-6-12/h1-8,11,17H,9-10H2. The van der Waals surface area contributed by atoms with Crippen LogP contribution in [0.2, 0.25) is 0 Å². The van der Waals surface area contributed by atoms with Crippen molar-refractivity contribution in [2.75, 3.05) is 11.9 Å². The van der Waals surface area contributed by atoms with Crippen LogP contribution in [0.5, 0.6) is 0 Å². The first kappa shape index (κ1) is 12.8. The van der Waals surface area contributed by atoms with E-state index in [1.807, 2.05) is 54.6 Å². The normalized spacial score (nSPS) is 10.1. The number of nitrogens with one attached hydrogen (secondary N) is 1. The Hall–Kier alpha value is -1.61. The molecule has 2 nitrogen and oxygen atoms in total. The van der Waals surface area contributed by atoms with Crippen molar-refractivity contribution in [3.63, 3.8) is 0 Å². The predicted molar refractivity (Wildman–Crippen MR) is 78.0 cm³/mol. The Bertz CT molecular complexity index is 525. The Kier molecular flexibility index (Phi) is 4.53. The molecule has 0 atom stereocenters. The smallest absolute Gasteiger partial charge is 0.164 e. The van der Waals surface area contributed by atoms with Crippen LogP contribution in [0.25, 0.3) is 0 Å². The lowest BCUT2D eigenvalue weighted by Crippen LogP contribution is -2.08. The van der Waals surface area contributed by atoms with E-state index in [-0.39, 0.29) is 5.78 Å².